The summed E-state index contributed by atoms with van der Waals surface area (Å²) >= 11 is 0. The Balaban J connectivity index is 2.86. The van der Waals surface area contributed by atoms with Gasteiger partial charge in [0.05, 0.1) is 12.5 Å². The molecule has 1 saturated heterocycles. The number of esters is 2. The second-order valence-corrected chi connectivity index (χ2v) is 8.43. The Morgan fingerprint density at radius 2 is 1.81 bits per heavy atom. The summed E-state index contributed by atoms with van der Waals surface area (Å²) < 4.78 is 10.8. The Bertz CT molecular complexity index is 735. The molecule has 180 valence electrons. The number of ether oxygens (including phenoxy) is 2. The Hall–Kier alpha value is -2.91. The molecule has 10 nitrogen and oxygen atoms in total. The fraction of sp³-hybridized carbons (Fsp3) is 0.682. The standard InChI is InChI=1S/C22H35N3O7/c1-6-7-13(4)19(15-10-11-31-21(15)29)32-22(30)18(12(2)3)25-20(28)14(5)24-17(27)9-8-16(23)26/h8-9,12-15,18-19H,6-7,10-11H2,1-5H3,(H2,23,26)(H,24,27)(H,25,28). The molecule has 0 radical (unpaired) electrons. The number of carbonyl (C=O) groups is 5. The van der Waals surface area contributed by atoms with E-state index in [1.807, 2.05) is 13.8 Å². The summed E-state index contributed by atoms with van der Waals surface area (Å²) in [5, 5.41) is 4.99. The molecule has 4 N–H and O–H groups in total. The van der Waals surface area contributed by atoms with E-state index in [-0.39, 0.29) is 17.8 Å². The number of hydrogen-bond donors (Lipinski definition) is 3. The van der Waals surface area contributed by atoms with Gasteiger partial charge >= 0.3 is 11.9 Å². The van der Waals surface area contributed by atoms with Crippen molar-refractivity contribution in [3.63, 3.8) is 0 Å². The molecule has 10 heteroatoms. The van der Waals surface area contributed by atoms with E-state index in [9.17, 15) is 24.0 Å². The lowest BCUT2D eigenvalue weighted by atomic mass is 9.88. The molecular formula is C22H35N3O7. The van der Waals surface area contributed by atoms with Gasteiger partial charge in [-0.3, -0.25) is 19.2 Å². The summed E-state index contributed by atoms with van der Waals surface area (Å²) in [6.45, 7) is 9.16. The minimum atomic E-state index is -0.978. The lowest BCUT2D eigenvalue weighted by molar-refractivity contribution is -0.164. The lowest BCUT2D eigenvalue weighted by Gasteiger charge is -2.30. The van der Waals surface area contributed by atoms with Crippen molar-refractivity contribution >= 4 is 29.7 Å². The van der Waals surface area contributed by atoms with Crippen LogP contribution in [0, 0.1) is 17.8 Å². The maximum absolute atomic E-state index is 13.0. The maximum Gasteiger partial charge on any atom is 0.329 e. The van der Waals surface area contributed by atoms with Crippen molar-refractivity contribution < 1.29 is 33.4 Å². The van der Waals surface area contributed by atoms with Gasteiger partial charge in [-0.15, -0.1) is 0 Å². The summed E-state index contributed by atoms with van der Waals surface area (Å²) in [5.74, 6) is -3.98. The number of nitrogens with one attached hydrogen (secondary N) is 2. The number of carbonyl (C=O) groups excluding carboxylic acids is 5. The minimum absolute atomic E-state index is 0.0571. The van der Waals surface area contributed by atoms with E-state index in [0.717, 1.165) is 25.0 Å². The number of nitrogens with two attached hydrogens (primary N) is 1. The van der Waals surface area contributed by atoms with Gasteiger partial charge in [-0.2, -0.15) is 0 Å². The molecule has 0 aromatic carbocycles. The molecular weight excluding hydrogens is 418 g/mol. The van der Waals surface area contributed by atoms with Crippen LogP contribution in [0.3, 0.4) is 0 Å². The van der Waals surface area contributed by atoms with E-state index in [1.165, 1.54) is 6.92 Å². The van der Waals surface area contributed by atoms with E-state index >= 15 is 0 Å². The molecule has 1 rings (SSSR count). The van der Waals surface area contributed by atoms with Crippen molar-refractivity contribution in [1.29, 1.82) is 0 Å². The van der Waals surface area contributed by atoms with Gasteiger partial charge < -0.3 is 25.8 Å². The number of rotatable bonds is 12. The van der Waals surface area contributed by atoms with Gasteiger partial charge in [-0.1, -0.05) is 34.1 Å². The van der Waals surface area contributed by atoms with Crippen LogP contribution < -0.4 is 16.4 Å². The zero-order valence-corrected chi connectivity index (χ0v) is 19.4. The van der Waals surface area contributed by atoms with Gasteiger partial charge in [-0.05, 0) is 31.6 Å². The maximum atomic E-state index is 13.0. The number of primary amides is 1. The Morgan fingerprint density at radius 3 is 2.31 bits per heavy atom. The summed E-state index contributed by atoms with van der Waals surface area (Å²) in [4.78, 5) is 60.1. The molecule has 1 heterocycles. The van der Waals surface area contributed by atoms with E-state index in [0.29, 0.717) is 13.0 Å². The minimum Gasteiger partial charge on any atom is -0.465 e. The highest BCUT2D eigenvalue weighted by Crippen LogP contribution is 2.29. The second kappa shape index (κ2) is 12.8. The smallest absolute Gasteiger partial charge is 0.329 e. The topological polar surface area (TPSA) is 154 Å². The van der Waals surface area contributed by atoms with Gasteiger partial charge in [0.15, 0.2) is 0 Å². The molecule has 0 aromatic rings. The van der Waals surface area contributed by atoms with Crippen molar-refractivity contribution in [2.24, 2.45) is 23.5 Å². The Labute approximate surface area is 188 Å². The van der Waals surface area contributed by atoms with Crippen LogP contribution in [0.25, 0.3) is 0 Å². The van der Waals surface area contributed by atoms with Crippen molar-refractivity contribution in [1.82, 2.24) is 10.6 Å². The van der Waals surface area contributed by atoms with Crippen LogP contribution in [-0.2, 0) is 33.4 Å². The molecule has 0 aliphatic carbocycles. The summed E-state index contributed by atoms with van der Waals surface area (Å²) in [6.07, 6.45) is 3.25. The second-order valence-electron chi connectivity index (χ2n) is 8.43. The predicted octanol–water partition coefficient (Wildman–Crippen LogP) is 0.585. The zero-order valence-electron chi connectivity index (χ0n) is 19.4. The quantitative estimate of drug-likeness (QED) is 0.288. The molecule has 1 aliphatic rings. The highest BCUT2D eigenvalue weighted by Gasteiger charge is 2.41. The third-order valence-electron chi connectivity index (χ3n) is 5.30. The van der Waals surface area contributed by atoms with E-state index in [2.05, 4.69) is 10.6 Å². The van der Waals surface area contributed by atoms with Crippen LogP contribution in [0.2, 0.25) is 0 Å². The van der Waals surface area contributed by atoms with E-state index in [1.54, 1.807) is 13.8 Å². The first kappa shape index (κ1) is 27.1. The highest BCUT2D eigenvalue weighted by atomic mass is 16.6. The van der Waals surface area contributed by atoms with Crippen LogP contribution in [0.4, 0.5) is 0 Å². The summed E-state index contributed by atoms with van der Waals surface area (Å²) in [7, 11) is 0. The van der Waals surface area contributed by atoms with Gasteiger partial charge in [0, 0.05) is 12.2 Å². The number of hydrogen-bond acceptors (Lipinski definition) is 7. The molecule has 0 saturated carbocycles. The molecule has 0 bridgehead atoms. The van der Waals surface area contributed by atoms with Crippen molar-refractivity contribution in [3.05, 3.63) is 12.2 Å². The average Bonchev–Trinajstić information content (AvgIpc) is 3.13. The van der Waals surface area contributed by atoms with E-state index in [4.69, 9.17) is 15.2 Å². The fourth-order valence-corrected chi connectivity index (χ4v) is 3.49. The van der Waals surface area contributed by atoms with Crippen LogP contribution in [0.1, 0.15) is 53.9 Å². The van der Waals surface area contributed by atoms with Crippen molar-refractivity contribution in [2.75, 3.05) is 6.61 Å². The van der Waals surface area contributed by atoms with Gasteiger partial charge in [-0.25, -0.2) is 4.79 Å². The zero-order chi connectivity index (χ0) is 24.4. The van der Waals surface area contributed by atoms with Gasteiger partial charge in [0.1, 0.15) is 18.2 Å². The van der Waals surface area contributed by atoms with Crippen LogP contribution >= 0.6 is 0 Å². The summed E-state index contributed by atoms with van der Waals surface area (Å²) in [5.41, 5.74) is 4.93. The van der Waals surface area contributed by atoms with Gasteiger partial charge in [0.2, 0.25) is 17.7 Å². The number of amides is 3. The normalized spacial score (nSPS) is 19.7. The first-order valence-electron chi connectivity index (χ1n) is 10.9. The molecule has 5 atom stereocenters. The molecule has 5 unspecified atom stereocenters. The highest BCUT2D eigenvalue weighted by molar-refractivity contribution is 5.98. The fourth-order valence-electron chi connectivity index (χ4n) is 3.49. The molecule has 1 aliphatic heterocycles. The largest absolute Gasteiger partial charge is 0.465 e. The molecule has 3 amide bonds. The molecule has 32 heavy (non-hydrogen) atoms. The van der Waals surface area contributed by atoms with Crippen LogP contribution in [0.5, 0.6) is 0 Å². The predicted molar refractivity (Wildman–Crippen MR) is 116 cm³/mol. The Kier molecular flexibility index (Phi) is 10.9. The third kappa shape index (κ3) is 8.32. The SMILES string of the molecule is CCCC(C)C(OC(=O)C(NC(=O)C(C)NC(=O)C=CC(N)=O)C(C)C)C1CCOC1=O. The molecule has 1 fully saturated rings. The van der Waals surface area contributed by atoms with Crippen LogP contribution in [-0.4, -0.2) is 54.5 Å². The molecule has 0 aromatic heterocycles. The Morgan fingerprint density at radius 1 is 1.16 bits per heavy atom. The average molecular weight is 454 g/mol. The third-order valence-corrected chi connectivity index (χ3v) is 5.30. The lowest BCUT2D eigenvalue weighted by Crippen LogP contribution is -2.53. The summed E-state index contributed by atoms with van der Waals surface area (Å²) in [6, 6.07) is -1.95. The van der Waals surface area contributed by atoms with Crippen molar-refractivity contribution in [3.8, 4) is 0 Å². The first-order valence-corrected chi connectivity index (χ1v) is 10.9. The van der Waals surface area contributed by atoms with E-state index < -0.39 is 47.8 Å². The number of cyclic esters (lactones) is 1. The monoisotopic (exact) mass is 453 g/mol. The van der Waals surface area contributed by atoms with Crippen molar-refractivity contribution in [2.45, 2.75) is 72.1 Å². The molecule has 0 spiro atoms. The van der Waals surface area contributed by atoms with Gasteiger partial charge in [0.25, 0.3) is 0 Å². The van der Waals surface area contributed by atoms with Crippen LogP contribution in [0.15, 0.2) is 12.2 Å². The first-order chi connectivity index (χ1) is 15.0.